The molecule has 6 aliphatic heterocycles. The van der Waals surface area contributed by atoms with E-state index in [2.05, 4.69) is 55.0 Å². The van der Waals surface area contributed by atoms with Crippen LogP contribution in [0.3, 0.4) is 0 Å². The van der Waals surface area contributed by atoms with E-state index in [4.69, 9.17) is 4.74 Å². The summed E-state index contributed by atoms with van der Waals surface area (Å²) in [5.74, 6) is -22.5. The molecule has 3 fully saturated rings. The van der Waals surface area contributed by atoms with Gasteiger partial charge in [0.1, 0.15) is 51.3 Å². The van der Waals surface area contributed by atoms with E-state index in [1.54, 1.807) is 94.7 Å². The largest absolute Gasteiger partial charge is 0.507 e. The second-order valence-corrected chi connectivity index (χ2v) is 36.3. The fourth-order valence-corrected chi connectivity index (χ4v) is 19.9. The van der Waals surface area contributed by atoms with Gasteiger partial charge in [-0.05, 0) is 162 Å². The Bertz CT molecular complexity index is 7100. The van der Waals surface area contributed by atoms with E-state index in [9.17, 15) is 57.3 Å². The highest BCUT2D eigenvalue weighted by Gasteiger charge is 2.46. The van der Waals surface area contributed by atoms with Gasteiger partial charge in [0.2, 0.25) is 17.7 Å². The van der Waals surface area contributed by atoms with Crippen LogP contribution in [0.5, 0.6) is 23.0 Å². The molecule has 12 aromatic rings. The van der Waals surface area contributed by atoms with Crippen molar-refractivity contribution in [2.75, 3.05) is 90.9 Å². The van der Waals surface area contributed by atoms with Crippen molar-refractivity contribution in [3.05, 3.63) is 246 Å². The van der Waals surface area contributed by atoms with Gasteiger partial charge in [-0.15, -0.1) is 0 Å². The Morgan fingerprint density at radius 3 is 1.12 bits per heavy atom. The standard InChI is InChI=1S/C34H34F4N6O3.C33H32F4N6O3.C33H31F4N5O4/c1-7-22(46)42-15-19-11-13-41(6)31-25-32(28(38)24(27(31)37)23-21(45)9-8-20(35)26(23)36)44(30-17(4)10-12-39-29(30)16(2)3)34(47)40-33(25)43(19)14-18(42)5;1-6-21(45)41-14-18-10-12-39-29-24-31(27(37)23(26(29)36)22-20(44)8-7-19(34)25(22)35)43(30-16(4)9-11-38-28(30)15(2)3)33(46)40-32(24)42(18)13-17(41)5;1-6-21(44)40-14-18-10-12-46-31-24-30(26(36)23(27(31)37)22-20(43)8-7-19(34)25(22)35)42(29-16(4)9-11-38-28(29)15(2)3)33(45)39-32(24)41(18)13-17(40)5/h7-10,12,16,18-19,45H,1,11,13-15H2,2-6H3;6-9,11,15,17-18,39,44H,1,10,12-14H2,2-5H3;6-9,11,15,17-18,43H,1,10,12-14H2,2-5H3. The maximum absolute atomic E-state index is 17.3. The lowest BCUT2D eigenvalue weighted by atomic mass is 9.95. The molecule has 6 aromatic heterocycles. The Kier molecular flexibility index (Phi) is 26.3. The van der Waals surface area contributed by atoms with E-state index in [1.807, 2.05) is 55.4 Å². The summed E-state index contributed by atoms with van der Waals surface area (Å²) in [6.45, 7) is 33.7. The van der Waals surface area contributed by atoms with Crippen LogP contribution < -0.4 is 46.7 Å². The summed E-state index contributed by atoms with van der Waals surface area (Å²) in [7, 11) is 1.56. The molecule has 0 spiro atoms. The Morgan fingerprint density at radius 1 is 0.417 bits per heavy atom. The number of pyridine rings is 3. The van der Waals surface area contributed by atoms with E-state index < -0.39 is 184 Å². The van der Waals surface area contributed by atoms with Crippen LogP contribution in [-0.4, -0.2) is 194 Å². The lowest BCUT2D eigenvalue weighted by Crippen LogP contribution is -2.60. The summed E-state index contributed by atoms with van der Waals surface area (Å²) in [6, 6.07) is 6.81. The van der Waals surface area contributed by atoms with Gasteiger partial charge in [0.25, 0.3) is 0 Å². The number of carbonyl (C=O) groups is 3. The molecule has 6 aromatic carbocycles. The SMILES string of the molecule is C=CC(=O)N1CC2CCN(C)c3c(F)c(-c4c(O)ccc(F)c4F)c(F)c4c3c(nc(=O)n4-c3c(C)ccnc3C(C)C)N2CC1C.C=CC(=O)N1CC2CCNc3c(F)c(-c4c(O)ccc(F)c4F)c(F)c4c3c(nc(=O)n4-c3c(C)ccnc3C(C)C)N2CC1C.C=CC(=O)N1CC2CCOc3c(F)c(-c4c(O)ccc(F)c4F)c(F)c4c3c(nc(=O)n4-c3c(C)ccnc3C(C)C)N2CC1C. The van der Waals surface area contributed by atoms with Crippen molar-refractivity contribution in [1.29, 1.82) is 0 Å². The van der Waals surface area contributed by atoms with Gasteiger partial charge in [0.05, 0.1) is 108 Å². The van der Waals surface area contributed by atoms with E-state index >= 15 is 39.5 Å². The normalized spacial score (nSPS) is 17.9. The van der Waals surface area contributed by atoms with Crippen molar-refractivity contribution >= 4 is 79.3 Å². The highest BCUT2D eigenvalue weighted by molar-refractivity contribution is 6.08. The number of carbonyl (C=O) groups excluding carboxylic acids is 3. The molecular formula is C100H97F12N17O10. The van der Waals surface area contributed by atoms with E-state index in [0.29, 0.717) is 64.8 Å². The number of aromatic hydroxyl groups is 3. The first-order chi connectivity index (χ1) is 66.0. The third kappa shape index (κ3) is 16.3. The molecule has 39 heteroatoms. The molecule has 0 bridgehead atoms. The van der Waals surface area contributed by atoms with Crippen LogP contribution in [0.2, 0.25) is 0 Å². The van der Waals surface area contributed by atoms with Crippen LogP contribution >= 0.6 is 0 Å². The first-order valence-corrected chi connectivity index (χ1v) is 45.0. The number of nitrogens with one attached hydrogen (secondary N) is 1. The second-order valence-electron chi connectivity index (χ2n) is 36.3. The molecule has 3 amide bonds. The number of phenolic OH excluding ortho intramolecular Hbond substituents is 3. The van der Waals surface area contributed by atoms with Crippen LogP contribution in [0.15, 0.2) is 126 Å². The minimum absolute atomic E-state index is 0.00808. The molecule has 6 atom stereocenters. The molecule has 0 radical (unpaired) electrons. The third-order valence-corrected chi connectivity index (χ3v) is 26.6. The number of fused-ring (bicyclic) bond motifs is 6. The number of amides is 3. The number of ether oxygens (including phenoxy) is 1. The fraction of sp³-hybridized carbons (Fsp3) is 0.340. The number of aromatic nitrogens is 9. The van der Waals surface area contributed by atoms with Gasteiger partial charge in [-0.3, -0.25) is 43.0 Å². The van der Waals surface area contributed by atoms with E-state index in [0.717, 1.165) is 31.9 Å². The molecule has 0 saturated carbocycles. The van der Waals surface area contributed by atoms with Crippen LogP contribution in [0, 0.1) is 90.6 Å². The average molecular weight is 1920 g/mol. The topological polar surface area (TPSA) is 299 Å². The maximum atomic E-state index is 17.3. The van der Waals surface area contributed by atoms with Gasteiger partial charge in [-0.25, -0.2) is 67.1 Å². The summed E-state index contributed by atoms with van der Waals surface area (Å²) in [5.41, 5.74) is -7.50. The number of rotatable bonds is 12. The molecule has 18 rings (SSSR count). The number of nitrogens with zero attached hydrogens (tertiary/aromatic N) is 16. The number of anilines is 5. The van der Waals surface area contributed by atoms with Crippen LogP contribution in [0.4, 0.5) is 81.5 Å². The second kappa shape index (κ2) is 37.6. The smallest absolute Gasteiger partial charge is 0.354 e. The van der Waals surface area contributed by atoms with Gasteiger partial charge >= 0.3 is 17.1 Å². The quantitative estimate of drug-likeness (QED) is 0.0652. The summed E-state index contributed by atoms with van der Waals surface area (Å²) < 4.78 is 200. The zero-order chi connectivity index (χ0) is 100. The van der Waals surface area contributed by atoms with Gasteiger partial charge < -0.3 is 59.7 Å². The lowest BCUT2D eigenvalue weighted by Gasteiger charge is -2.47. The number of phenols is 3. The summed E-state index contributed by atoms with van der Waals surface area (Å²) in [6.07, 6.45) is 9.25. The van der Waals surface area contributed by atoms with Crippen LogP contribution in [-0.2, 0) is 14.4 Å². The predicted octanol–water partition coefficient (Wildman–Crippen LogP) is 16.6. The first-order valence-electron chi connectivity index (χ1n) is 45.0. The highest BCUT2D eigenvalue weighted by Crippen LogP contribution is 2.53. The number of piperazine rings is 3. The Morgan fingerprint density at radius 2 is 0.748 bits per heavy atom. The molecule has 12 heterocycles. The molecule has 0 aliphatic carbocycles. The average Bonchev–Trinajstić information content (AvgIpc) is 0.715. The van der Waals surface area contributed by atoms with Crippen LogP contribution in [0.25, 0.3) is 83.2 Å². The van der Waals surface area contributed by atoms with Gasteiger partial charge in [-0.2, -0.15) is 15.0 Å². The summed E-state index contributed by atoms with van der Waals surface area (Å²) >= 11 is 0. The molecular weight excluding hydrogens is 1830 g/mol. The minimum Gasteiger partial charge on any atom is -0.507 e. The predicted molar refractivity (Wildman–Crippen MR) is 501 cm³/mol. The van der Waals surface area contributed by atoms with E-state index in [1.165, 1.54) is 29.3 Å². The van der Waals surface area contributed by atoms with Crippen molar-refractivity contribution in [1.82, 2.24) is 58.3 Å². The van der Waals surface area contributed by atoms with Gasteiger partial charge in [-0.1, -0.05) is 61.3 Å². The molecule has 27 nitrogen and oxygen atoms in total. The van der Waals surface area contributed by atoms with Crippen molar-refractivity contribution in [2.24, 2.45) is 0 Å². The number of hydrogen-bond acceptors (Lipinski definition) is 21. The zero-order valence-corrected chi connectivity index (χ0v) is 77.9. The summed E-state index contributed by atoms with van der Waals surface area (Å²) in [4.78, 5) is 119. The zero-order valence-electron chi connectivity index (χ0n) is 77.9. The first kappa shape index (κ1) is 97.3. The third-order valence-electron chi connectivity index (χ3n) is 26.6. The Labute approximate surface area is 787 Å². The number of benzene rings is 6. The molecule has 726 valence electrons. The van der Waals surface area contributed by atoms with Crippen molar-refractivity contribution in [2.45, 2.75) is 156 Å². The van der Waals surface area contributed by atoms with Gasteiger partial charge in [0.15, 0.2) is 75.6 Å². The number of aryl methyl sites for hydroxylation is 3. The summed E-state index contributed by atoms with van der Waals surface area (Å²) in [5, 5.41) is 34.4. The van der Waals surface area contributed by atoms with Crippen molar-refractivity contribution < 1.29 is 87.1 Å². The Balaban J connectivity index is 0.000000151. The molecule has 139 heavy (non-hydrogen) atoms. The Hall–Kier alpha value is -14.8. The molecule has 4 N–H and O–H groups in total. The number of hydrogen-bond donors (Lipinski definition) is 4. The molecule has 6 aliphatic rings. The molecule has 3 saturated heterocycles. The fourth-order valence-electron chi connectivity index (χ4n) is 19.9. The monoisotopic (exact) mass is 1920 g/mol. The lowest BCUT2D eigenvalue weighted by molar-refractivity contribution is -0.129. The highest BCUT2D eigenvalue weighted by atomic mass is 19.2. The minimum atomic E-state index is -1.68. The van der Waals surface area contributed by atoms with Crippen LogP contribution in [0.1, 0.15) is 133 Å². The maximum Gasteiger partial charge on any atom is 0.354 e. The molecule has 6 unspecified atom stereocenters. The van der Waals surface area contributed by atoms with Crippen molar-refractivity contribution in [3.8, 4) is 73.4 Å². The van der Waals surface area contributed by atoms with E-state index in [-0.39, 0.29) is 175 Å². The number of halogens is 12. The van der Waals surface area contributed by atoms with Crippen molar-refractivity contribution in [3.63, 3.8) is 0 Å². The van der Waals surface area contributed by atoms with Gasteiger partial charge in [0, 0.05) is 115 Å².